The van der Waals surface area contributed by atoms with E-state index < -0.39 is 0 Å². The first-order chi connectivity index (χ1) is 16.2. The van der Waals surface area contributed by atoms with Gasteiger partial charge in [0.1, 0.15) is 11.5 Å². The van der Waals surface area contributed by atoms with Crippen LogP contribution in [0, 0.1) is 11.8 Å². The van der Waals surface area contributed by atoms with Crippen LogP contribution in [-0.2, 0) is 0 Å². The minimum atomic E-state index is 0.417. The number of benzene rings is 2. The molecule has 0 aliphatic rings. The molecule has 5 rings (SSSR count). The molecule has 0 fully saturated rings. The average molecular weight is 430 g/mol. The molecule has 5 aromatic rings. The molecule has 0 amide bonds. The van der Waals surface area contributed by atoms with Gasteiger partial charge in [-0.25, -0.2) is 14.5 Å². The number of pyridine rings is 1. The first kappa shape index (κ1) is 20.5. The van der Waals surface area contributed by atoms with Gasteiger partial charge < -0.3 is 5.32 Å². The zero-order valence-corrected chi connectivity index (χ0v) is 18.5. The summed E-state index contributed by atoms with van der Waals surface area (Å²) in [4.78, 5) is 8.90. The fourth-order valence-electron chi connectivity index (χ4n) is 3.69. The number of nitrogens with zero attached hydrogens (tertiary/aromatic N) is 4. The maximum Gasteiger partial charge on any atom is 0.154 e. The lowest BCUT2D eigenvalue weighted by atomic mass is 10.0. The number of nitrogens with one attached hydrogen (secondary N) is 1. The van der Waals surface area contributed by atoms with Crippen molar-refractivity contribution in [2.75, 3.05) is 5.32 Å². The maximum atomic E-state index is 4.74. The molecule has 1 N–H and O–H groups in total. The Morgan fingerprint density at radius 1 is 0.848 bits per heavy atom. The Hall–Kier alpha value is -4.43. The number of hydrogen-bond acceptors (Lipinski definition) is 4. The lowest BCUT2D eigenvalue weighted by Gasteiger charge is -2.14. The van der Waals surface area contributed by atoms with Gasteiger partial charge in [-0.3, -0.25) is 0 Å². The average Bonchev–Trinajstić information content (AvgIpc) is 3.26. The molecule has 5 nitrogen and oxygen atoms in total. The Bertz CT molecular complexity index is 1470. The van der Waals surface area contributed by atoms with Crippen LogP contribution in [0.25, 0.3) is 16.9 Å². The van der Waals surface area contributed by atoms with Crippen LogP contribution < -0.4 is 5.32 Å². The van der Waals surface area contributed by atoms with Crippen LogP contribution in [0.2, 0.25) is 0 Å². The molecule has 160 valence electrons. The number of para-hydroxylation sites is 1. The van der Waals surface area contributed by atoms with Gasteiger partial charge in [-0.15, -0.1) is 0 Å². The molecular weight excluding hydrogens is 406 g/mol. The van der Waals surface area contributed by atoms with E-state index in [-0.39, 0.29) is 0 Å². The first-order valence-electron chi connectivity index (χ1n) is 10.9. The number of fused-ring (bicyclic) bond motifs is 1. The van der Waals surface area contributed by atoms with E-state index in [0.717, 1.165) is 39.7 Å². The Kier molecular flexibility index (Phi) is 5.57. The molecule has 0 saturated heterocycles. The van der Waals surface area contributed by atoms with Crippen LogP contribution in [0.1, 0.15) is 36.6 Å². The van der Waals surface area contributed by atoms with Gasteiger partial charge in [0.05, 0.1) is 11.9 Å². The summed E-state index contributed by atoms with van der Waals surface area (Å²) in [5, 5.41) is 8.18. The van der Waals surface area contributed by atoms with Crippen LogP contribution in [-0.4, -0.2) is 19.6 Å². The van der Waals surface area contributed by atoms with E-state index in [1.165, 1.54) is 5.56 Å². The molecule has 2 aromatic carbocycles. The van der Waals surface area contributed by atoms with E-state index in [1.54, 1.807) is 16.9 Å². The topological polar surface area (TPSA) is 55.1 Å². The number of imidazole rings is 1. The fourth-order valence-corrected chi connectivity index (χ4v) is 3.69. The molecule has 5 heteroatoms. The van der Waals surface area contributed by atoms with Gasteiger partial charge >= 0.3 is 0 Å². The lowest BCUT2D eigenvalue weighted by molar-refractivity contribution is 0.869. The van der Waals surface area contributed by atoms with Gasteiger partial charge in [0, 0.05) is 23.0 Å². The monoisotopic (exact) mass is 429 g/mol. The summed E-state index contributed by atoms with van der Waals surface area (Å²) in [6.45, 7) is 4.37. The summed E-state index contributed by atoms with van der Waals surface area (Å²) in [5.74, 6) is 7.63. The molecule has 0 atom stereocenters. The van der Waals surface area contributed by atoms with Gasteiger partial charge in [0.2, 0.25) is 0 Å². The molecule has 0 aliphatic carbocycles. The van der Waals surface area contributed by atoms with Crippen LogP contribution in [0.3, 0.4) is 0 Å². The Balaban J connectivity index is 1.44. The second-order valence-corrected chi connectivity index (χ2v) is 8.04. The molecule has 3 aromatic heterocycles. The van der Waals surface area contributed by atoms with E-state index in [9.17, 15) is 0 Å². The van der Waals surface area contributed by atoms with E-state index >= 15 is 0 Å². The standard InChI is InChI=1S/C28H23N5/c1-20(2)24-10-6-7-11-26(24)31-27-18-21(16-17-29-27)12-13-23-19-30-28-15-14-25(32-33(23)28)22-8-4-3-5-9-22/h3-11,14-20H,1-2H3,(H,29,31). The van der Waals surface area contributed by atoms with Gasteiger partial charge in [0.15, 0.2) is 5.65 Å². The van der Waals surface area contributed by atoms with Crippen LogP contribution >= 0.6 is 0 Å². The second-order valence-electron chi connectivity index (χ2n) is 8.04. The van der Waals surface area contributed by atoms with Gasteiger partial charge in [0.25, 0.3) is 0 Å². The van der Waals surface area contributed by atoms with Crippen molar-refractivity contribution in [3.63, 3.8) is 0 Å². The normalized spacial score (nSPS) is 10.8. The molecule has 0 unspecified atom stereocenters. The van der Waals surface area contributed by atoms with Crippen molar-refractivity contribution in [3.8, 4) is 23.1 Å². The van der Waals surface area contributed by atoms with Crippen LogP contribution in [0.15, 0.2) is 91.3 Å². The molecule has 0 radical (unpaired) electrons. The Morgan fingerprint density at radius 3 is 2.52 bits per heavy atom. The van der Waals surface area contributed by atoms with Gasteiger partial charge in [-0.05, 0) is 47.7 Å². The summed E-state index contributed by atoms with van der Waals surface area (Å²) >= 11 is 0. The van der Waals surface area contributed by atoms with Crippen molar-refractivity contribution in [2.24, 2.45) is 0 Å². The largest absolute Gasteiger partial charge is 0.340 e. The minimum Gasteiger partial charge on any atom is -0.340 e. The van der Waals surface area contributed by atoms with Crippen molar-refractivity contribution in [3.05, 3.63) is 108 Å². The highest BCUT2D eigenvalue weighted by molar-refractivity contribution is 5.63. The number of hydrogen-bond donors (Lipinski definition) is 1. The predicted molar refractivity (Wildman–Crippen MR) is 132 cm³/mol. The molecule has 33 heavy (non-hydrogen) atoms. The van der Waals surface area contributed by atoms with E-state index in [2.05, 4.69) is 59.2 Å². The summed E-state index contributed by atoms with van der Waals surface area (Å²) in [5.41, 5.74) is 6.61. The minimum absolute atomic E-state index is 0.417. The van der Waals surface area contributed by atoms with Crippen molar-refractivity contribution < 1.29 is 0 Å². The highest BCUT2D eigenvalue weighted by atomic mass is 15.3. The van der Waals surface area contributed by atoms with Crippen molar-refractivity contribution in [1.82, 2.24) is 19.6 Å². The Labute approximate surface area is 193 Å². The summed E-state index contributed by atoms with van der Waals surface area (Å²) in [7, 11) is 0. The van der Waals surface area contributed by atoms with E-state index in [1.807, 2.05) is 60.7 Å². The predicted octanol–water partition coefficient (Wildman–Crippen LogP) is 6.06. The van der Waals surface area contributed by atoms with Crippen molar-refractivity contribution >= 4 is 17.2 Å². The molecule has 0 bridgehead atoms. The smallest absolute Gasteiger partial charge is 0.154 e. The highest BCUT2D eigenvalue weighted by Crippen LogP contribution is 2.26. The molecule has 3 heterocycles. The number of rotatable bonds is 4. The third-order valence-corrected chi connectivity index (χ3v) is 5.37. The van der Waals surface area contributed by atoms with Crippen molar-refractivity contribution in [1.29, 1.82) is 0 Å². The molecule has 0 spiro atoms. The molecular formula is C28H23N5. The third kappa shape index (κ3) is 4.46. The highest BCUT2D eigenvalue weighted by Gasteiger charge is 2.07. The van der Waals surface area contributed by atoms with Gasteiger partial charge in [-0.1, -0.05) is 68.3 Å². The molecule has 0 aliphatic heterocycles. The quantitative estimate of drug-likeness (QED) is 0.353. The van der Waals surface area contributed by atoms with E-state index in [0.29, 0.717) is 5.92 Å². The number of aromatic nitrogens is 4. The lowest BCUT2D eigenvalue weighted by Crippen LogP contribution is -1.99. The third-order valence-electron chi connectivity index (χ3n) is 5.37. The summed E-state index contributed by atoms with van der Waals surface area (Å²) in [6.07, 6.45) is 3.52. The van der Waals surface area contributed by atoms with Gasteiger partial charge in [-0.2, -0.15) is 5.10 Å². The fraction of sp³-hybridized carbons (Fsp3) is 0.107. The zero-order valence-electron chi connectivity index (χ0n) is 18.5. The van der Waals surface area contributed by atoms with Crippen LogP contribution in [0.5, 0.6) is 0 Å². The summed E-state index contributed by atoms with van der Waals surface area (Å²) < 4.78 is 1.79. The SMILES string of the molecule is CC(C)c1ccccc1Nc1cc(C#Cc2cnc3ccc(-c4ccccc4)nn23)ccn1. The maximum absolute atomic E-state index is 4.74. The van der Waals surface area contributed by atoms with Crippen molar-refractivity contribution in [2.45, 2.75) is 19.8 Å². The second kappa shape index (κ2) is 8.97. The Morgan fingerprint density at radius 2 is 1.67 bits per heavy atom. The van der Waals surface area contributed by atoms with E-state index in [4.69, 9.17) is 5.10 Å². The van der Waals surface area contributed by atoms with Crippen LogP contribution in [0.4, 0.5) is 11.5 Å². The zero-order chi connectivity index (χ0) is 22.6. The summed E-state index contributed by atoms with van der Waals surface area (Å²) in [6, 6.07) is 26.2. The first-order valence-corrected chi connectivity index (χ1v) is 10.9. The molecule has 0 saturated carbocycles. The number of anilines is 2.